The number of aryl methyl sites for hydroxylation is 1. The van der Waals surface area contributed by atoms with Crippen molar-refractivity contribution in [1.82, 2.24) is 0 Å². The highest BCUT2D eigenvalue weighted by Gasteiger charge is 2.17. The van der Waals surface area contributed by atoms with Gasteiger partial charge in [-0.05, 0) is 48.6 Å². The SMILES string of the molecule is Cc1ccc(F)cc1CC(C)(C)CN. The van der Waals surface area contributed by atoms with E-state index >= 15 is 0 Å². The van der Waals surface area contributed by atoms with Crippen molar-refractivity contribution in [2.75, 3.05) is 6.54 Å². The highest BCUT2D eigenvalue weighted by Crippen LogP contribution is 2.22. The molecular formula is C12H18FN. The van der Waals surface area contributed by atoms with Gasteiger partial charge in [0, 0.05) is 0 Å². The van der Waals surface area contributed by atoms with Crippen LogP contribution in [0, 0.1) is 18.2 Å². The van der Waals surface area contributed by atoms with Crippen LogP contribution in [-0.2, 0) is 6.42 Å². The molecule has 0 spiro atoms. The zero-order valence-electron chi connectivity index (χ0n) is 9.10. The molecule has 0 aliphatic heterocycles. The van der Waals surface area contributed by atoms with Gasteiger partial charge in [-0.1, -0.05) is 19.9 Å². The lowest BCUT2D eigenvalue weighted by Crippen LogP contribution is -2.26. The summed E-state index contributed by atoms with van der Waals surface area (Å²) in [5, 5.41) is 0. The van der Waals surface area contributed by atoms with Crippen LogP contribution in [0.3, 0.4) is 0 Å². The molecule has 0 heterocycles. The third kappa shape index (κ3) is 2.81. The Morgan fingerprint density at radius 2 is 2.00 bits per heavy atom. The van der Waals surface area contributed by atoms with Gasteiger partial charge in [0.15, 0.2) is 0 Å². The lowest BCUT2D eigenvalue weighted by Gasteiger charge is -2.23. The quantitative estimate of drug-likeness (QED) is 0.788. The normalized spacial score (nSPS) is 11.8. The van der Waals surface area contributed by atoms with E-state index in [0.29, 0.717) is 6.54 Å². The minimum absolute atomic E-state index is 0.0402. The number of nitrogens with two attached hydrogens (primary N) is 1. The van der Waals surface area contributed by atoms with E-state index in [0.717, 1.165) is 17.5 Å². The molecule has 1 nitrogen and oxygen atoms in total. The molecule has 78 valence electrons. The summed E-state index contributed by atoms with van der Waals surface area (Å²) in [6, 6.07) is 4.91. The van der Waals surface area contributed by atoms with Crippen molar-refractivity contribution in [2.45, 2.75) is 27.2 Å². The highest BCUT2D eigenvalue weighted by atomic mass is 19.1. The first-order valence-electron chi connectivity index (χ1n) is 4.90. The Morgan fingerprint density at radius 3 is 2.57 bits per heavy atom. The smallest absolute Gasteiger partial charge is 0.123 e. The minimum atomic E-state index is -0.168. The summed E-state index contributed by atoms with van der Waals surface area (Å²) in [5.74, 6) is -0.168. The van der Waals surface area contributed by atoms with Gasteiger partial charge in [0.25, 0.3) is 0 Å². The Hall–Kier alpha value is -0.890. The maximum atomic E-state index is 13.0. The maximum Gasteiger partial charge on any atom is 0.123 e. The van der Waals surface area contributed by atoms with Crippen LogP contribution in [0.1, 0.15) is 25.0 Å². The van der Waals surface area contributed by atoms with Gasteiger partial charge in [-0.25, -0.2) is 4.39 Å². The van der Waals surface area contributed by atoms with Crippen LogP contribution in [0.25, 0.3) is 0 Å². The lowest BCUT2D eigenvalue weighted by atomic mass is 9.84. The zero-order chi connectivity index (χ0) is 10.8. The van der Waals surface area contributed by atoms with Crippen LogP contribution in [0.2, 0.25) is 0 Å². The molecule has 0 unspecified atom stereocenters. The number of halogens is 1. The van der Waals surface area contributed by atoms with Crippen LogP contribution < -0.4 is 5.73 Å². The van der Waals surface area contributed by atoms with Gasteiger partial charge >= 0.3 is 0 Å². The van der Waals surface area contributed by atoms with E-state index in [1.807, 2.05) is 13.0 Å². The third-order valence-corrected chi connectivity index (χ3v) is 2.53. The van der Waals surface area contributed by atoms with Crippen LogP contribution in [-0.4, -0.2) is 6.54 Å². The molecule has 2 heteroatoms. The Kier molecular flexibility index (Phi) is 3.27. The van der Waals surface area contributed by atoms with Crippen molar-refractivity contribution < 1.29 is 4.39 Å². The first-order valence-corrected chi connectivity index (χ1v) is 4.90. The molecule has 14 heavy (non-hydrogen) atoms. The molecule has 0 atom stereocenters. The third-order valence-electron chi connectivity index (χ3n) is 2.53. The molecule has 1 aromatic rings. The van der Waals surface area contributed by atoms with Crippen molar-refractivity contribution in [3.05, 3.63) is 35.1 Å². The Bertz CT molecular complexity index is 318. The van der Waals surface area contributed by atoms with Gasteiger partial charge in [0.2, 0.25) is 0 Å². The fraction of sp³-hybridized carbons (Fsp3) is 0.500. The van der Waals surface area contributed by atoms with Gasteiger partial charge in [-0.3, -0.25) is 0 Å². The molecule has 2 N–H and O–H groups in total. The molecule has 0 saturated heterocycles. The van der Waals surface area contributed by atoms with Gasteiger partial charge in [0.1, 0.15) is 5.82 Å². The number of hydrogen-bond acceptors (Lipinski definition) is 1. The summed E-state index contributed by atoms with van der Waals surface area (Å²) in [6.45, 7) is 6.80. The Labute approximate surface area is 85.1 Å². The molecule has 0 aliphatic rings. The van der Waals surface area contributed by atoms with Crippen LogP contribution in [0.4, 0.5) is 4.39 Å². The second-order valence-corrected chi connectivity index (χ2v) is 4.62. The van der Waals surface area contributed by atoms with Gasteiger partial charge in [-0.15, -0.1) is 0 Å². The van der Waals surface area contributed by atoms with Crippen molar-refractivity contribution in [1.29, 1.82) is 0 Å². The fourth-order valence-corrected chi connectivity index (χ4v) is 1.42. The molecular weight excluding hydrogens is 177 g/mol. The summed E-state index contributed by atoms with van der Waals surface area (Å²) in [7, 11) is 0. The van der Waals surface area contributed by atoms with Crippen molar-refractivity contribution in [3.63, 3.8) is 0 Å². The number of rotatable bonds is 3. The van der Waals surface area contributed by atoms with Crippen molar-refractivity contribution in [3.8, 4) is 0 Å². The fourth-order valence-electron chi connectivity index (χ4n) is 1.42. The van der Waals surface area contributed by atoms with Gasteiger partial charge < -0.3 is 5.73 Å². The van der Waals surface area contributed by atoms with Crippen LogP contribution in [0.15, 0.2) is 18.2 Å². The van der Waals surface area contributed by atoms with Crippen LogP contribution >= 0.6 is 0 Å². The Morgan fingerprint density at radius 1 is 1.36 bits per heavy atom. The summed E-state index contributed by atoms with van der Waals surface area (Å²) < 4.78 is 13.0. The first-order chi connectivity index (χ1) is 6.44. The molecule has 0 saturated carbocycles. The number of hydrogen-bond donors (Lipinski definition) is 1. The first kappa shape index (κ1) is 11.2. The molecule has 0 aromatic heterocycles. The Balaban J connectivity index is 2.91. The average Bonchev–Trinajstić information content (AvgIpc) is 2.11. The van der Waals surface area contributed by atoms with E-state index in [2.05, 4.69) is 13.8 Å². The van der Waals surface area contributed by atoms with Crippen molar-refractivity contribution >= 4 is 0 Å². The molecule has 0 aliphatic carbocycles. The molecule has 0 fully saturated rings. The summed E-state index contributed by atoms with van der Waals surface area (Å²) in [6.07, 6.45) is 0.826. The molecule has 0 bridgehead atoms. The molecule has 0 radical (unpaired) electrons. The molecule has 1 aromatic carbocycles. The van der Waals surface area contributed by atoms with E-state index in [9.17, 15) is 4.39 Å². The second-order valence-electron chi connectivity index (χ2n) is 4.62. The summed E-state index contributed by atoms with van der Waals surface area (Å²) >= 11 is 0. The maximum absolute atomic E-state index is 13.0. The molecule has 1 rings (SSSR count). The van der Waals surface area contributed by atoms with Gasteiger partial charge in [-0.2, -0.15) is 0 Å². The van der Waals surface area contributed by atoms with E-state index in [1.54, 1.807) is 6.07 Å². The average molecular weight is 195 g/mol. The van der Waals surface area contributed by atoms with E-state index in [4.69, 9.17) is 5.73 Å². The largest absolute Gasteiger partial charge is 0.330 e. The second kappa shape index (κ2) is 4.09. The topological polar surface area (TPSA) is 26.0 Å². The van der Waals surface area contributed by atoms with E-state index in [-0.39, 0.29) is 11.2 Å². The predicted molar refractivity (Wildman–Crippen MR) is 57.7 cm³/mol. The zero-order valence-corrected chi connectivity index (χ0v) is 9.10. The number of benzene rings is 1. The minimum Gasteiger partial charge on any atom is -0.330 e. The standard InChI is InChI=1S/C12H18FN/c1-9-4-5-11(13)6-10(9)7-12(2,3)8-14/h4-6H,7-8,14H2,1-3H3. The van der Waals surface area contributed by atoms with E-state index in [1.165, 1.54) is 6.07 Å². The lowest BCUT2D eigenvalue weighted by molar-refractivity contribution is 0.375. The van der Waals surface area contributed by atoms with Crippen molar-refractivity contribution in [2.24, 2.45) is 11.1 Å². The molecule has 0 amide bonds. The summed E-state index contributed by atoms with van der Waals surface area (Å²) in [4.78, 5) is 0. The predicted octanol–water partition coefficient (Wildman–Crippen LogP) is 2.66. The van der Waals surface area contributed by atoms with Gasteiger partial charge in [0.05, 0.1) is 0 Å². The monoisotopic (exact) mass is 195 g/mol. The van der Waals surface area contributed by atoms with Crippen LogP contribution in [0.5, 0.6) is 0 Å². The van der Waals surface area contributed by atoms with E-state index < -0.39 is 0 Å². The summed E-state index contributed by atoms with van der Waals surface area (Å²) in [5.41, 5.74) is 7.88. The highest BCUT2D eigenvalue weighted by molar-refractivity contribution is 5.27.